The third-order valence-corrected chi connectivity index (χ3v) is 3.74. The lowest BCUT2D eigenvalue weighted by molar-refractivity contribution is 0.883. The number of rotatable bonds is 3. The monoisotopic (exact) mass is 291 g/mol. The van der Waals surface area contributed by atoms with Crippen LogP contribution in [0.5, 0.6) is 0 Å². The Hall–Kier alpha value is -2.75. The summed E-state index contributed by atoms with van der Waals surface area (Å²) >= 11 is 0. The van der Waals surface area contributed by atoms with Crippen molar-refractivity contribution in [1.29, 1.82) is 0 Å². The van der Waals surface area contributed by atoms with E-state index in [1.807, 2.05) is 36.4 Å². The van der Waals surface area contributed by atoms with Crippen LogP contribution in [0.15, 0.2) is 53.3 Å². The molecule has 0 aliphatic rings. The molecule has 0 aliphatic carbocycles. The predicted octanol–water partition coefficient (Wildman–Crippen LogP) is 3.04. The minimum absolute atomic E-state index is 0.238. The van der Waals surface area contributed by atoms with Gasteiger partial charge in [0.05, 0.1) is 0 Å². The van der Waals surface area contributed by atoms with Crippen molar-refractivity contribution in [2.24, 2.45) is 0 Å². The highest BCUT2D eigenvalue weighted by atomic mass is 16.1. The number of H-pyrrole nitrogens is 1. The van der Waals surface area contributed by atoms with Crippen molar-refractivity contribution in [2.45, 2.75) is 20.3 Å². The van der Waals surface area contributed by atoms with E-state index in [0.29, 0.717) is 17.9 Å². The highest BCUT2D eigenvalue weighted by Gasteiger charge is 2.08. The van der Waals surface area contributed by atoms with Crippen molar-refractivity contribution in [3.05, 3.63) is 81.3 Å². The van der Waals surface area contributed by atoms with Crippen LogP contribution < -0.4 is 5.56 Å². The fraction of sp³-hybridized carbons (Fsp3) is 0.167. The lowest BCUT2D eigenvalue weighted by Crippen LogP contribution is -2.18. The van der Waals surface area contributed by atoms with E-state index in [0.717, 1.165) is 11.1 Å². The first-order valence-corrected chi connectivity index (χ1v) is 7.20. The SMILES string of the molecule is Cc1ccc(Cc2nc(-c3ccccc3)n[nH]c2=O)cc1C. The van der Waals surface area contributed by atoms with Gasteiger partial charge in [0, 0.05) is 12.0 Å². The van der Waals surface area contributed by atoms with E-state index < -0.39 is 0 Å². The van der Waals surface area contributed by atoms with E-state index in [1.165, 1.54) is 11.1 Å². The van der Waals surface area contributed by atoms with Crippen LogP contribution in [-0.4, -0.2) is 15.2 Å². The maximum Gasteiger partial charge on any atom is 0.286 e. The molecule has 4 heteroatoms. The van der Waals surface area contributed by atoms with Crippen molar-refractivity contribution in [1.82, 2.24) is 15.2 Å². The molecule has 1 aromatic heterocycles. The third kappa shape index (κ3) is 2.96. The van der Waals surface area contributed by atoms with Crippen LogP contribution in [0.4, 0.5) is 0 Å². The molecule has 1 N–H and O–H groups in total. The minimum atomic E-state index is -0.238. The molecule has 4 nitrogen and oxygen atoms in total. The number of hydrogen-bond acceptors (Lipinski definition) is 3. The van der Waals surface area contributed by atoms with Gasteiger partial charge in [-0.3, -0.25) is 4.79 Å². The molecule has 22 heavy (non-hydrogen) atoms. The van der Waals surface area contributed by atoms with Crippen molar-refractivity contribution < 1.29 is 0 Å². The molecule has 0 unspecified atom stereocenters. The van der Waals surface area contributed by atoms with Gasteiger partial charge in [-0.05, 0) is 30.5 Å². The first kappa shape index (κ1) is 14.2. The highest BCUT2D eigenvalue weighted by molar-refractivity contribution is 5.53. The molecule has 0 saturated carbocycles. The molecule has 3 aromatic rings. The first-order chi connectivity index (χ1) is 10.6. The Morgan fingerprint density at radius 2 is 1.77 bits per heavy atom. The van der Waals surface area contributed by atoms with E-state index in [4.69, 9.17) is 0 Å². The molecule has 3 rings (SSSR count). The molecular formula is C18H17N3O. The van der Waals surface area contributed by atoms with Crippen LogP contribution in [0.2, 0.25) is 0 Å². The second kappa shape index (κ2) is 5.93. The van der Waals surface area contributed by atoms with Gasteiger partial charge in [0.25, 0.3) is 5.56 Å². The zero-order chi connectivity index (χ0) is 15.5. The number of hydrogen-bond donors (Lipinski definition) is 1. The lowest BCUT2D eigenvalue weighted by atomic mass is 10.0. The molecular weight excluding hydrogens is 274 g/mol. The van der Waals surface area contributed by atoms with Crippen LogP contribution >= 0.6 is 0 Å². The molecule has 110 valence electrons. The lowest BCUT2D eigenvalue weighted by Gasteiger charge is -2.06. The largest absolute Gasteiger partial charge is 0.286 e. The molecule has 0 radical (unpaired) electrons. The third-order valence-electron chi connectivity index (χ3n) is 3.74. The Balaban J connectivity index is 1.96. The first-order valence-electron chi connectivity index (χ1n) is 7.20. The molecule has 0 aliphatic heterocycles. The van der Waals surface area contributed by atoms with Gasteiger partial charge < -0.3 is 0 Å². The quantitative estimate of drug-likeness (QED) is 0.807. The van der Waals surface area contributed by atoms with Gasteiger partial charge in [0.1, 0.15) is 5.69 Å². The van der Waals surface area contributed by atoms with E-state index >= 15 is 0 Å². The van der Waals surface area contributed by atoms with Crippen molar-refractivity contribution in [3.8, 4) is 11.4 Å². The number of aromatic nitrogens is 3. The summed E-state index contributed by atoms with van der Waals surface area (Å²) in [7, 11) is 0. The van der Waals surface area contributed by atoms with Crippen molar-refractivity contribution >= 4 is 0 Å². The van der Waals surface area contributed by atoms with E-state index in [2.05, 4.69) is 41.2 Å². The molecule has 0 amide bonds. The topological polar surface area (TPSA) is 58.6 Å². The minimum Gasteiger partial charge on any atom is -0.266 e. The Morgan fingerprint density at radius 1 is 1.00 bits per heavy atom. The van der Waals surface area contributed by atoms with Crippen LogP contribution in [0.1, 0.15) is 22.4 Å². The van der Waals surface area contributed by atoms with Crippen LogP contribution in [0.25, 0.3) is 11.4 Å². The molecule has 2 aromatic carbocycles. The van der Waals surface area contributed by atoms with Crippen LogP contribution in [0.3, 0.4) is 0 Å². The summed E-state index contributed by atoms with van der Waals surface area (Å²) in [6.45, 7) is 4.14. The second-order valence-electron chi connectivity index (χ2n) is 5.40. The van der Waals surface area contributed by atoms with Crippen LogP contribution in [0, 0.1) is 13.8 Å². The zero-order valence-electron chi connectivity index (χ0n) is 12.6. The summed E-state index contributed by atoms with van der Waals surface area (Å²) in [4.78, 5) is 16.4. The zero-order valence-corrected chi connectivity index (χ0v) is 12.6. The smallest absolute Gasteiger partial charge is 0.266 e. The number of aryl methyl sites for hydroxylation is 2. The number of benzene rings is 2. The highest BCUT2D eigenvalue weighted by Crippen LogP contribution is 2.15. The summed E-state index contributed by atoms with van der Waals surface area (Å²) in [6, 6.07) is 15.8. The summed E-state index contributed by atoms with van der Waals surface area (Å²) in [5.74, 6) is 0.541. The predicted molar refractivity (Wildman–Crippen MR) is 86.8 cm³/mol. The van der Waals surface area contributed by atoms with Gasteiger partial charge >= 0.3 is 0 Å². The molecule has 0 spiro atoms. The number of nitrogens with one attached hydrogen (secondary N) is 1. The van der Waals surface area contributed by atoms with Gasteiger partial charge in [-0.2, -0.15) is 5.10 Å². The van der Waals surface area contributed by atoms with Crippen molar-refractivity contribution in [3.63, 3.8) is 0 Å². The second-order valence-corrected chi connectivity index (χ2v) is 5.40. The van der Waals surface area contributed by atoms with Gasteiger partial charge in [-0.15, -0.1) is 0 Å². The standard InChI is InChI=1S/C18H17N3O/c1-12-8-9-14(10-13(12)2)11-16-18(22)21-20-17(19-16)15-6-4-3-5-7-15/h3-10H,11H2,1-2H3,(H,21,22). The molecule has 0 saturated heterocycles. The molecule has 0 fully saturated rings. The Morgan fingerprint density at radius 3 is 2.50 bits per heavy atom. The maximum absolute atomic E-state index is 12.0. The van der Waals surface area contributed by atoms with Gasteiger partial charge in [-0.1, -0.05) is 48.5 Å². The summed E-state index contributed by atoms with van der Waals surface area (Å²) in [5.41, 5.74) is 4.66. The number of nitrogens with zero attached hydrogens (tertiary/aromatic N) is 2. The average molecular weight is 291 g/mol. The number of aromatic amines is 1. The van der Waals surface area contributed by atoms with E-state index in [-0.39, 0.29) is 5.56 Å². The fourth-order valence-corrected chi connectivity index (χ4v) is 2.31. The van der Waals surface area contributed by atoms with E-state index in [1.54, 1.807) is 0 Å². The van der Waals surface area contributed by atoms with Gasteiger partial charge in [0.2, 0.25) is 0 Å². The maximum atomic E-state index is 12.0. The Bertz CT molecular complexity index is 854. The normalized spacial score (nSPS) is 10.6. The summed E-state index contributed by atoms with van der Waals surface area (Å²) in [6.07, 6.45) is 0.499. The Labute approximate surface area is 128 Å². The Kier molecular flexibility index (Phi) is 3.83. The molecule has 1 heterocycles. The average Bonchev–Trinajstić information content (AvgIpc) is 2.54. The molecule has 0 bridgehead atoms. The van der Waals surface area contributed by atoms with Crippen LogP contribution in [-0.2, 0) is 6.42 Å². The van der Waals surface area contributed by atoms with Gasteiger partial charge in [-0.25, -0.2) is 10.1 Å². The van der Waals surface area contributed by atoms with Gasteiger partial charge in [0.15, 0.2) is 5.82 Å². The fourth-order valence-electron chi connectivity index (χ4n) is 2.31. The summed E-state index contributed by atoms with van der Waals surface area (Å²) < 4.78 is 0. The van der Waals surface area contributed by atoms with E-state index in [9.17, 15) is 4.79 Å². The molecule has 0 atom stereocenters. The van der Waals surface area contributed by atoms with Crippen molar-refractivity contribution in [2.75, 3.05) is 0 Å². The summed E-state index contributed by atoms with van der Waals surface area (Å²) in [5, 5.41) is 6.58.